The number of fused-ring (bicyclic) bond motifs is 2. The first-order chi connectivity index (χ1) is 14.7. The standard InChI is InChI=1S/C22H20F2N2O5/c1-22-6-2-3-7-31-16(22)11-26-10-14(18(27)19(28)17(26)20(22)29)21(30)25-9-12-4-5-13(23)8-15(12)24/h2-5,8,10,16,28H,6-7,9,11H2,1H3,(H,25,30)/t16-,22-/m1/s1. The van der Waals surface area contributed by atoms with Crippen LogP contribution in [0, 0.1) is 17.0 Å². The second-order valence-corrected chi connectivity index (χ2v) is 7.88. The number of benzene rings is 1. The molecule has 0 saturated carbocycles. The molecule has 3 heterocycles. The molecule has 2 aliphatic rings. The van der Waals surface area contributed by atoms with Gasteiger partial charge < -0.3 is 19.7 Å². The molecular weight excluding hydrogens is 410 g/mol. The molecule has 2 aliphatic heterocycles. The largest absolute Gasteiger partial charge is 0.503 e. The average molecular weight is 430 g/mol. The lowest BCUT2D eigenvalue weighted by Crippen LogP contribution is -2.49. The van der Waals surface area contributed by atoms with Crippen LogP contribution in [0.15, 0.2) is 41.3 Å². The van der Waals surface area contributed by atoms with Crippen LogP contribution in [0.4, 0.5) is 8.78 Å². The molecule has 1 amide bonds. The molecule has 2 aromatic rings. The Balaban J connectivity index is 1.65. The summed E-state index contributed by atoms with van der Waals surface area (Å²) in [4.78, 5) is 38.4. The van der Waals surface area contributed by atoms with E-state index in [1.807, 2.05) is 6.08 Å². The molecule has 162 valence electrons. The normalized spacial score (nSPS) is 22.4. The number of aromatic hydroxyl groups is 1. The van der Waals surface area contributed by atoms with Gasteiger partial charge in [-0.1, -0.05) is 18.2 Å². The van der Waals surface area contributed by atoms with Crippen molar-refractivity contribution in [3.05, 3.63) is 75.2 Å². The van der Waals surface area contributed by atoms with Crippen molar-refractivity contribution in [1.82, 2.24) is 9.88 Å². The van der Waals surface area contributed by atoms with E-state index in [1.165, 1.54) is 16.8 Å². The Kier molecular flexibility index (Phi) is 5.22. The highest BCUT2D eigenvalue weighted by molar-refractivity contribution is 6.03. The van der Waals surface area contributed by atoms with Crippen LogP contribution in [0.1, 0.15) is 39.8 Å². The minimum atomic E-state index is -0.996. The number of carbonyl (C=O) groups is 2. The molecule has 0 radical (unpaired) electrons. The second-order valence-electron chi connectivity index (χ2n) is 7.88. The summed E-state index contributed by atoms with van der Waals surface area (Å²) in [7, 11) is 0. The topological polar surface area (TPSA) is 97.6 Å². The number of nitrogens with one attached hydrogen (secondary N) is 1. The van der Waals surface area contributed by atoms with Gasteiger partial charge in [0.15, 0.2) is 11.5 Å². The number of carbonyl (C=O) groups excluding carboxylic acids is 2. The Morgan fingerprint density at radius 3 is 2.84 bits per heavy atom. The monoisotopic (exact) mass is 430 g/mol. The molecule has 1 aromatic carbocycles. The van der Waals surface area contributed by atoms with Gasteiger partial charge in [-0.05, 0) is 19.4 Å². The number of nitrogens with zero attached hydrogens (tertiary/aromatic N) is 1. The van der Waals surface area contributed by atoms with E-state index in [-0.39, 0.29) is 24.3 Å². The lowest BCUT2D eigenvalue weighted by Gasteiger charge is -2.40. The Morgan fingerprint density at radius 1 is 1.32 bits per heavy atom. The van der Waals surface area contributed by atoms with Crippen molar-refractivity contribution in [3.8, 4) is 5.75 Å². The zero-order chi connectivity index (χ0) is 22.3. The quantitative estimate of drug-likeness (QED) is 0.729. The summed E-state index contributed by atoms with van der Waals surface area (Å²) in [5.41, 5.74) is -2.47. The van der Waals surface area contributed by atoms with Gasteiger partial charge in [0.05, 0.1) is 24.7 Å². The lowest BCUT2D eigenvalue weighted by atomic mass is 9.73. The number of hydrogen-bond donors (Lipinski definition) is 2. The Hall–Kier alpha value is -3.33. The van der Waals surface area contributed by atoms with Crippen molar-refractivity contribution in [3.63, 3.8) is 0 Å². The van der Waals surface area contributed by atoms with Crippen LogP contribution >= 0.6 is 0 Å². The van der Waals surface area contributed by atoms with Gasteiger partial charge in [-0.15, -0.1) is 0 Å². The van der Waals surface area contributed by atoms with Gasteiger partial charge in [-0.2, -0.15) is 0 Å². The van der Waals surface area contributed by atoms with Gasteiger partial charge in [0.25, 0.3) is 5.91 Å². The van der Waals surface area contributed by atoms with Gasteiger partial charge in [-0.25, -0.2) is 8.78 Å². The first kappa shape index (κ1) is 20.9. The van der Waals surface area contributed by atoms with Crippen molar-refractivity contribution >= 4 is 11.7 Å². The SMILES string of the molecule is C[C@@]12CC=CCO[C@@H]1Cn1cc(C(=O)NCc3ccc(F)cc3F)c(=O)c(O)c1C2=O. The van der Waals surface area contributed by atoms with E-state index in [0.29, 0.717) is 19.1 Å². The molecule has 9 heteroatoms. The van der Waals surface area contributed by atoms with E-state index < -0.39 is 51.6 Å². The van der Waals surface area contributed by atoms with Crippen molar-refractivity contribution in [2.75, 3.05) is 6.61 Å². The van der Waals surface area contributed by atoms with Gasteiger partial charge in [0.2, 0.25) is 5.43 Å². The number of rotatable bonds is 3. The predicted octanol–water partition coefficient (Wildman–Crippen LogP) is 2.31. The third-order valence-corrected chi connectivity index (χ3v) is 5.86. The molecule has 0 spiro atoms. The van der Waals surface area contributed by atoms with E-state index in [9.17, 15) is 28.3 Å². The van der Waals surface area contributed by atoms with E-state index in [1.54, 1.807) is 13.0 Å². The van der Waals surface area contributed by atoms with Gasteiger partial charge in [0, 0.05) is 24.4 Å². The van der Waals surface area contributed by atoms with Crippen LogP contribution in [0.25, 0.3) is 0 Å². The Morgan fingerprint density at radius 2 is 2.10 bits per heavy atom. The lowest BCUT2D eigenvalue weighted by molar-refractivity contribution is -0.0235. The number of amides is 1. The fourth-order valence-electron chi connectivity index (χ4n) is 3.96. The van der Waals surface area contributed by atoms with Crippen LogP contribution in [0.2, 0.25) is 0 Å². The van der Waals surface area contributed by atoms with Crippen molar-refractivity contribution in [1.29, 1.82) is 0 Å². The molecule has 7 nitrogen and oxygen atoms in total. The van der Waals surface area contributed by atoms with Gasteiger partial charge in [0.1, 0.15) is 22.9 Å². The number of aromatic nitrogens is 1. The molecule has 2 N–H and O–H groups in total. The van der Waals surface area contributed by atoms with Crippen molar-refractivity contribution in [2.24, 2.45) is 5.41 Å². The maximum absolute atomic E-state index is 13.8. The number of hydrogen-bond acceptors (Lipinski definition) is 5. The van der Waals surface area contributed by atoms with E-state index >= 15 is 0 Å². The predicted molar refractivity (Wildman–Crippen MR) is 106 cm³/mol. The number of ether oxygens (including phenoxy) is 1. The number of ketones is 1. The first-order valence-corrected chi connectivity index (χ1v) is 9.72. The summed E-state index contributed by atoms with van der Waals surface area (Å²) in [5, 5.41) is 12.9. The Labute approximate surface area is 176 Å². The third-order valence-electron chi connectivity index (χ3n) is 5.86. The molecule has 0 saturated heterocycles. The van der Waals surface area contributed by atoms with Crippen molar-refractivity contribution in [2.45, 2.75) is 32.5 Å². The van der Waals surface area contributed by atoms with E-state index in [4.69, 9.17) is 4.74 Å². The zero-order valence-corrected chi connectivity index (χ0v) is 16.7. The maximum Gasteiger partial charge on any atom is 0.257 e. The number of Topliss-reactive ketones (excluding diaryl/α,β-unsaturated/α-hetero) is 1. The fourth-order valence-corrected chi connectivity index (χ4v) is 3.96. The molecule has 4 rings (SSSR count). The molecule has 0 fully saturated rings. The number of pyridine rings is 1. The van der Waals surface area contributed by atoms with Gasteiger partial charge >= 0.3 is 0 Å². The summed E-state index contributed by atoms with van der Waals surface area (Å²) in [6, 6.07) is 2.92. The molecule has 31 heavy (non-hydrogen) atoms. The summed E-state index contributed by atoms with van der Waals surface area (Å²) < 4.78 is 33.9. The highest BCUT2D eigenvalue weighted by atomic mass is 19.1. The fraction of sp³-hybridized carbons (Fsp3) is 0.318. The number of halogens is 2. The minimum absolute atomic E-state index is 0.0299. The van der Waals surface area contributed by atoms with Crippen molar-refractivity contribution < 1.29 is 28.2 Å². The molecule has 2 atom stereocenters. The third kappa shape index (κ3) is 3.54. The molecule has 0 aliphatic carbocycles. The van der Waals surface area contributed by atoms with Crippen LogP contribution in [0.5, 0.6) is 5.75 Å². The summed E-state index contributed by atoms with van der Waals surface area (Å²) in [5.74, 6) is -3.69. The van der Waals surface area contributed by atoms with Crippen LogP contribution in [0.3, 0.4) is 0 Å². The zero-order valence-electron chi connectivity index (χ0n) is 16.7. The summed E-state index contributed by atoms with van der Waals surface area (Å²) in [6.45, 7) is 1.92. The Bertz CT molecular complexity index is 1170. The van der Waals surface area contributed by atoms with Crippen LogP contribution in [-0.2, 0) is 17.8 Å². The molecule has 1 aromatic heterocycles. The highest BCUT2D eigenvalue weighted by Gasteiger charge is 2.48. The van der Waals surface area contributed by atoms with Crippen LogP contribution < -0.4 is 10.7 Å². The first-order valence-electron chi connectivity index (χ1n) is 9.72. The maximum atomic E-state index is 13.8. The number of allylic oxidation sites excluding steroid dienone is 1. The smallest absolute Gasteiger partial charge is 0.257 e. The van der Waals surface area contributed by atoms with Gasteiger partial charge in [-0.3, -0.25) is 14.4 Å². The second kappa shape index (κ2) is 7.73. The molecule has 0 bridgehead atoms. The summed E-state index contributed by atoms with van der Waals surface area (Å²) in [6.07, 6.45) is 4.73. The molecular formula is C22H20F2N2O5. The highest BCUT2D eigenvalue weighted by Crippen LogP contribution is 2.40. The molecule has 0 unspecified atom stereocenters. The average Bonchev–Trinajstić information content (AvgIpc) is 2.92. The van der Waals surface area contributed by atoms with E-state index in [2.05, 4.69) is 5.32 Å². The van der Waals surface area contributed by atoms with Crippen LogP contribution in [-0.4, -0.2) is 34.1 Å². The van der Waals surface area contributed by atoms with E-state index in [0.717, 1.165) is 6.07 Å². The summed E-state index contributed by atoms with van der Waals surface area (Å²) >= 11 is 0. The minimum Gasteiger partial charge on any atom is -0.503 e.